The van der Waals surface area contributed by atoms with Crippen LogP contribution in [0.2, 0.25) is 0 Å². The second kappa shape index (κ2) is 10.4. The van der Waals surface area contributed by atoms with Crippen molar-refractivity contribution in [1.29, 1.82) is 0 Å². The van der Waals surface area contributed by atoms with E-state index in [9.17, 15) is 0 Å². The van der Waals surface area contributed by atoms with Crippen LogP contribution >= 0.6 is 0 Å². The first-order chi connectivity index (χ1) is 12.3. The summed E-state index contributed by atoms with van der Waals surface area (Å²) in [6.45, 7) is 13.0. The van der Waals surface area contributed by atoms with Gasteiger partial charge in [0.25, 0.3) is 0 Å². The molecule has 0 spiro atoms. The smallest absolute Gasteiger partial charge is 0.0125 e. The summed E-state index contributed by atoms with van der Waals surface area (Å²) in [5, 5.41) is 7.36. The monoisotopic (exact) mass is 367 g/mol. The van der Waals surface area contributed by atoms with Gasteiger partial charge in [0.1, 0.15) is 0 Å². The number of hydrogen-bond donors (Lipinski definition) is 5. The lowest BCUT2D eigenvalue weighted by atomic mass is 9.64. The fourth-order valence-electron chi connectivity index (χ4n) is 5.71. The zero-order chi connectivity index (χ0) is 19.3. The quantitative estimate of drug-likeness (QED) is 0.419. The first-order valence-electron chi connectivity index (χ1n) is 11.0. The zero-order valence-corrected chi connectivity index (χ0v) is 17.6. The van der Waals surface area contributed by atoms with Crippen molar-refractivity contribution in [2.75, 3.05) is 26.2 Å². The van der Waals surface area contributed by atoms with Gasteiger partial charge in [0, 0.05) is 44.3 Å². The lowest BCUT2D eigenvalue weighted by Crippen LogP contribution is -2.53. The maximum absolute atomic E-state index is 6.42. The molecule has 0 radical (unpaired) electrons. The van der Waals surface area contributed by atoms with Crippen molar-refractivity contribution in [3.8, 4) is 0 Å². The van der Waals surface area contributed by atoms with E-state index in [4.69, 9.17) is 17.2 Å². The molecule has 2 fully saturated rings. The van der Waals surface area contributed by atoms with Crippen molar-refractivity contribution < 1.29 is 0 Å². The van der Waals surface area contributed by atoms with E-state index in [-0.39, 0.29) is 0 Å². The Labute approximate surface area is 161 Å². The molecule has 0 heterocycles. The van der Waals surface area contributed by atoms with E-state index < -0.39 is 0 Å². The van der Waals surface area contributed by atoms with Gasteiger partial charge in [-0.1, -0.05) is 27.7 Å². The van der Waals surface area contributed by atoms with Gasteiger partial charge in [-0.2, -0.15) is 0 Å². The van der Waals surface area contributed by atoms with E-state index in [1.807, 2.05) is 0 Å². The van der Waals surface area contributed by atoms with Crippen LogP contribution < -0.4 is 27.8 Å². The molecule has 0 bridgehead atoms. The number of hydrogen-bond acceptors (Lipinski definition) is 5. The van der Waals surface area contributed by atoms with Crippen molar-refractivity contribution in [2.24, 2.45) is 52.7 Å². The van der Waals surface area contributed by atoms with Crippen LogP contribution in [0.25, 0.3) is 0 Å². The molecular formula is C21H45N5. The molecular weight excluding hydrogens is 322 g/mol. The summed E-state index contributed by atoms with van der Waals surface area (Å²) < 4.78 is 0. The topological polar surface area (TPSA) is 102 Å². The average molecular weight is 368 g/mol. The van der Waals surface area contributed by atoms with E-state index in [2.05, 4.69) is 38.3 Å². The summed E-state index contributed by atoms with van der Waals surface area (Å²) >= 11 is 0. The van der Waals surface area contributed by atoms with Gasteiger partial charge in [0.05, 0.1) is 0 Å². The molecule has 0 aromatic rings. The van der Waals surface area contributed by atoms with E-state index in [0.29, 0.717) is 48.3 Å². The number of nitrogens with two attached hydrogens (primary N) is 3. The summed E-state index contributed by atoms with van der Waals surface area (Å²) in [4.78, 5) is 0. The Bertz CT molecular complexity index is 350. The van der Waals surface area contributed by atoms with Crippen molar-refractivity contribution in [1.82, 2.24) is 10.6 Å². The molecule has 5 nitrogen and oxygen atoms in total. The molecule has 2 saturated carbocycles. The molecule has 4 atom stereocenters. The second-order valence-corrected chi connectivity index (χ2v) is 9.55. The lowest BCUT2D eigenvalue weighted by molar-refractivity contribution is 0.0799. The van der Waals surface area contributed by atoms with Gasteiger partial charge in [-0.25, -0.2) is 0 Å². The summed E-state index contributed by atoms with van der Waals surface area (Å²) in [6.07, 6.45) is 5.02. The minimum atomic E-state index is 0.357. The molecule has 26 heavy (non-hydrogen) atoms. The van der Waals surface area contributed by atoms with E-state index in [1.54, 1.807) is 0 Å². The first kappa shape index (κ1) is 22.1. The Morgan fingerprint density at radius 2 is 1.15 bits per heavy atom. The Morgan fingerprint density at radius 1 is 0.731 bits per heavy atom. The third-order valence-corrected chi connectivity index (χ3v) is 7.35. The van der Waals surface area contributed by atoms with Gasteiger partial charge in [-0.05, 0) is 61.2 Å². The fraction of sp³-hybridized carbons (Fsp3) is 1.00. The minimum Gasteiger partial charge on any atom is -0.329 e. The highest BCUT2D eigenvalue weighted by Gasteiger charge is 2.41. The Kier molecular flexibility index (Phi) is 8.81. The minimum absolute atomic E-state index is 0.357. The predicted octanol–water partition coefficient (Wildman–Crippen LogP) is 1.51. The Morgan fingerprint density at radius 3 is 1.54 bits per heavy atom. The van der Waals surface area contributed by atoms with Crippen LogP contribution in [0.1, 0.15) is 53.4 Å². The zero-order valence-electron chi connectivity index (χ0n) is 17.6. The van der Waals surface area contributed by atoms with Gasteiger partial charge >= 0.3 is 0 Å². The van der Waals surface area contributed by atoms with Crippen LogP contribution in [0, 0.1) is 35.5 Å². The second-order valence-electron chi connectivity index (χ2n) is 9.55. The molecule has 0 aromatic carbocycles. The molecule has 0 aliphatic heterocycles. The molecule has 0 aromatic heterocycles. The molecule has 154 valence electrons. The average Bonchev–Trinajstić information content (AvgIpc) is 2.60. The normalized spacial score (nSPS) is 42.6. The van der Waals surface area contributed by atoms with Crippen molar-refractivity contribution in [3.63, 3.8) is 0 Å². The van der Waals surface area contributed by atoms with Gasteiger partial charge < -0.3 is 27.8 Å². The highest BCUT2D eigenvalue weighted by atomic mass is 15.0. The van der Waals surface area contributed by atoms with Gasteiger partial charge in [0.2, 0.25) is 0 Å². The molecule has 5 heteroatoms. The first-order valence-corrected chi connectivity index (χ1v) is 11.0. The van der Waals surface area contributed by atoms with Crippen LogP contribution in [-0.4, -0.2) is 44.3 Å². The fourth-order valence-corrected chi connectivity index (χ4v) is 5.71. The van der Waals surface area contributed by atoms with Crippen molar-refractivity contribution >= 4 is 0 Å². The molecule has 2 aliphatic rings. The standard InChI is InChI=1S/C21H45N5/c1-13-9-17(10-14(2)19(13)23)21(26-8-7-25-6-5-22)18-11-15(3)20(24)16(4)12-18/h13-21,25-26H,5-12,22-24H2,1-4H3. The molecule has 8 N–H and O–H groups in total. The third kappa shape index (κ3) is 5.65. The molecule has 0 saturated heterocycles. The predicted molar refractivity (Wildman–Crippen MR) is 112 cm³/mol. The number of nitrogens with one attached hydrogen (secondary N) is 2. The maximum Gasteiger partial charge on any atom is 0.0125 e. The maximum atomic E-state index is 6.42. The largest absolute Gasteiger partial charge is 0.329 e. The van der Waals surface area contributed by atoms with Crippen LogP contribution in [0.3, 0.4) is 0 Å². The Hall–Kier alpha value is -0.200. The highest BCUT2D eigenvalue weighted by Crippen LogP contribution is 2.41. The van der Waals surface area contributed by atoms with Gasteiger partial charge in [-0.3, -0.25) is 0 Å². The van der Waals surface area contributed by atoms with Crippen molar-refractivity contribution in [2.45, 2.75) is 71.5 Å². The number of rotatable bonds is 8. The third-order valence-electron chi connectivity index (χ3n) is 7.35. The van der Waals surface area contributed by atoms with Crippen LogP contribution in [0.5, 0.6) is 0 Å². The summed E-state index contributed by atoms with van der Waals surface area (Å²) in [6, 6.07) is 1.30. The van der Waals surface area contributed by atoms with Crippen LogP contribution in [0.4, 0.5) is 0 Å². The van der Waals surface area contributed by atoms with Gasteiger partial charge in [0.15, 0.2) is 0 Å². The Balaban J connectivity index is 2.03. The van der Waals surface area contributed by atoms with Crippen LogP contribution in [0.15, 0.2) is 0 Å². The summed E-state index contributed by atoms with van der Waals surface area (Å²) in [5.74, 6) is 3.92. The summed E-state index contributed by atoms with van der Waals surface area (Å²) in [7, 11) is 0. The SMILES string of the molecule is CC1CC(C(NCCNCCN)C2CC(C)C(N)C(C)C2)CC(C)C1N. The summed E-state index contributed by atoms with van der Waals surface area (Å²) in [5.41, 5.74) is 18.4. The molecule has 2 rings (SSSR count). The van der Waals surface area contributed by atoms with Crippen molar-refractivity contribution in [3.05, 3.63) is 0 Å². The molecule has 4 unspecified atom stereocenters. The van der Waals surface area contributed by atoms with E-state index >= 15 is 0 Å². The van der Waals surface area contributed by atoms with Crippen LogP contribution in [-0.2, 0) is 0 Å². The molecule has 0 amide bonds. The van der Waals surface area contributed by atoms with Gasteiger partial charge in [-0.15, -0.1) is 0 Å². The van der Waals surface area contributed by atoms with E-state index in [1.165, 1.54) is 25.7 Å². The molecule has 2 aliphatic carbocycles. The van der Waals surface area contributed by atoms with E-state index in [0.717, 1.165) is 31.5 Å². The highest BCUT2D eigenvalue weighted by molar-refractivity contribution is 4.96. The lowest BCUT2D eigenvalue weighted by Gasteiger charge is -2.47.